The monoisotopic (exact) mass is 1920 g/mol. The number of hydrogen-bond acceptors (Lipinski definition) is 9. The third kappa shape index (κ3) is 76.0. The lowest BCUT2D eigenvalue weighted by Gasteiger charge is -2.34. The summed E-state index contributed by atoms with van der Waals surface area (Å²) >= 11 is 0. The molecule has 1 unspecified atom stereocenters. The number of esters is 1. The minimum atomic E-state index is -1.28. The number of hydrogen-bond donors (Lipinski definition) is 3. The van der Waals surface area contributed by atoms with E-state index in [0.29, 0.717) is 35.2 Å². The molecule has 0 amide bonds. The summed E-state index contributed by atoms with van der Waals surface area (Å²) in [5.41, 5.74) is 6.79. The first-order valence-electron chi connectivity index (χ1n) is 63.2. The van der Waals surface area contributed by atoms with E-state index < -0.39 is 35.6 Å². The number of rotatable bonds is 2. The summed E-state index contributed by atoms with van der Waals surface area (Å²) in [4.78, 5) is 32.7. The summed E-state index contributed by atoms with van der Waals surface area (Å²) in [5, 5.41) is 23.2. The highest BCUT2D eigenvalue weighted by Gasteiger charge is 2.44. The maximum absolute atomic E-state index is 14.2. The quantitative estimate of drug-likeness (QED) is 0.250. The SMILES string of the molecule is C[C@@H]1CCC[C@H](C)[C@H](O)[C@@H](C)C(=O)C(C)(C)[C@@H](O)CC(=O)O[C@H](c2ccc3oc(CN)nc3c2)C[C@@H]2CC2CCCCCCCCCCCCCCCCCCCCCCCCCCCCCCCCCCCCCCCCCCCCCCCCCCCCCCCCCCCCCCCCCCCCCCCCCCCCCCCCCCCCCCCCCCCCCCCCCCO1. The first-order valence-corrected chi connectivity index (χ1v) is 63.2. The van der Waals surface area contributed by atoms with E-state index in [1.165, 1.54) is 616 Å². The zero-order valence-corrected chi connectivity index (χ0v) is 93.1. The highest BCUT2D eigenvalue weighted by Crippen LogP contribution is 2.49. The van der Waals surface area contributed by atoms with E-state index in [4.69, 9.17) is 19.6 Å². The van der Waals surface area contributed by atoms with Gasteiger partial charge < -0.3 is 29.8 Å². The number of ether oxygens (including phenoxy) is 2. The highest BCUT2D eigenvalue weighted by atomic mass is 16.5. The molecule has 1 aromatic heterocycles. The molecule has 1 saturated heterocycles. The molecular weight excluding hydrogens is 1680 g/mol. The number of cyclic esters (lactones) is 1. The van der Waals surface area contributed by atoms with Crippen LogP contribution < -0.4 is 5.73 Å². The number of Topliss-reactive ketones (excluding diaryl/α,β-unsaturated/α-hetero) is 1. The molecule has 1 aliphatic carbocycles. The van der Waals surface area contributed by atoms with Crippen molar-refractivity contribution in [2.45, 2.75) is 727 Å². The van der Waals surface area contributed by atoms with Crippen molar-refractivity contribution in [2.75, 3.05) is 6.61 Å². The van der Waals surface area contributed by atoms with Crippen molar-refractivity contribution in [1.29, 1.82) is 0 Å². The van der Waals surface area contributed by atoms with Crippen LogP contribution in [0.15, 0.2) is 22.6 Å². The van der Waals surface area contributed by atoms with E-state index >= 15 is 0 Å². The predicted octanol–water partition coefficient (Wildman–Crippen LogP) is 42.3. The van der Waals surface area contributed by atoms with Crippen molar-refractivity contribution in [2.24, 2.45) is 34.8 Å². The third-order valence-electron chi connectivity index (χ3n) is 33.3. The molecule has 1 aromatic carbocycles. The summed E-state index contributed by atoms with van der Waals surface area (Å²) in [6, 6.07) is 5.78. The standard InChI is InChI=1S/C128H240N2O7/c1-114-103-102-104-115(2)135-108-101-99-97-95-93-91-89-87-85-83-81-79-77-75-73-71-69-67-65-63-61-59-57-55-53-51-49-47-45-43-41-39-37-35-33-31-29-27-25-23-21-19-17-15-13-11-9-7-6-8-10-12-14-16-18-20-22-24-26-28-30-32-34-36-38-40-42-44-46-48-50-52-54-56-58-60-62-64-66-68-70-72-74-76-78-80-82-84-86-88-90-92-94-96-98-100-105-117-109-119(117)111-122(118-106-107-121-120(110-118)130-124(113-129)136-121)137-125(132)112-123(131)128(4,5)127(134)116(3)126(114)133/h106-107,110,114-117,119,122-123,126,131,133H,6-105,108-109,111-113,129H2,1-5H3/t114-,115+,116+,117?,119-,122-,123-,126-/m0/s1. The molecule has 1 saturated carbocycles. The molecule has 2 aromatic rings. The molecule has 2 aliphatic rings. The van der Waals surface area contributed by atoms with Crippen molar-refractivity contribution in [1.82, 2.24) is 4.98 Å². The first kappa shape index (κ1) is 127. The van der Waals surface area contributed by atoms with Crippen molar-refractivity contribution in [3.8, 4) is 0 Å². The molecule has 0 radical (unpaired) electrons. The van der Waals surface area contributed by atoms with Crippen LogP contribution in [0.1, 0.15) is 714 Å². The van der Waals surface area contributed by atoms with E-state index in [9.17, 15) is 19.8 Å². The largest absolute Gasteiger partial charge is 0.457 e. The molecule has 137 heavy (non-hydrogen) atoms. The van der Waals surface area contributed by atoms with Gasteiger partial charge in [0, 0.05) is 12.5 Å². The Morgan fingerprint density at radius 2 is 0.562 bits per heavy atom. The van der Waals surface area contributed by atoms with E-state index in [-0.39, 0.29) is 30.8 Å². The average Bonchev–Trinajstić information content (AvgIpc) is 1.56. The number of benzene rings is 1. The molecule has 4 N–H and O–H groups in total. The summed E-state index contributed by atoms with van der Waals surface area (Å²) in [6.07, 6.45) is 142. The van der Waals surface area contributed by atoms with Gasteiger partial charge in [0.05, 0.1) is 36.7 Å². The average molecular weight is 1920 g/mol. The minimum Gasteiger partial charge on any atom is -0.457 e. The van der Waals surface area contributed by atoms with Gasteiger partial charge in [-0.3, -0.25) is 9.59 Å². The number of ketones is 1. The molecule has 2 fully saturated rings. The molecule has 2 heterocycles. The Balaban J connectivity index is 0.998. The number of nitrogens with two attached hydrogens (primary N) is 1. The van der Waals surface area contributed by atoms with E-state index in [0.717, 1.165) is 44.3 Å². The van der Waals surface area contributed by atoms with Crippen LogP contribution in [-0.2, 0) is 25.6 Å². The number of aliphatic hydroxyl groups excluding tert-OH is 2. The van der Waals surface area contributed by atoms with Gasteiger partial charge in [0.1, 0.15) is 17.4 Å². The van der Waals surface area contributed by atoms with Gasteiger partial charge in [-0.25, -0.2) is 4.98 Å². The Hall–Kier alpha value is -2.33. The van der Waals surface area contributed by atoms with Gasteiger partial charge >= 0.3 is 5.97 Å². The fraction of sp³-hybridized carbons (Fsp3) is 0.930. The lowest BCUT2D eigenvalue weighted by Crippen LogP contribution is -2.45. The molecule has 804 valence electrons. The minimum absolute atomic E-state index is 0.108. The second-order valence-electron chi connectivity index (χ2n) is 46.9. The second kappa shape index (κ2) is 94.6. The summed E-state index contributed by atoms with van der Waals surface area (Å²) in [5.74, 6) is -0.0564. The Morgan fingerprint density at radius 3 is 0.818 bits per heavy atom. The Kier molecular flexibility index (Phi) is 87.7. The third-order valence-corrected chi connectivity index (χ3v) is 33.3. The number of carbonyl (C=O) groups is 2. The van der Waals surface area contributed by atoms with Crippen LogP contribution in [0.3, 0.4) is 0 Å². The van der Waals surface area contributed by atoms with Crippen molar-refractivity contribution in [3.05, 3.63) is 29.7 Å². The van der Waals surface area contributed by atoms with Gasteiger partial charge in [-0.1, -0.05) is 657 Å². The van der Waals surface area contributed by atoms with E-state index in [2.05, 4.69) is 11.9 Å². The van der Waals surface area contributed by atoms with Crippen LogP contribution in [0.5, 0.6) is 0 Å². The van der Waals surface area contributed by atoms with Crippen molar-refractivity contribution >= 4 is 22.9 Å². The number of aliphatic hydroxyl groups is 2. The number of aromatic nitrogens is 1. The normalized spacial score (nSPS) is 27.2. The smallest absolute Gasteiger partial charge is 0.309 e. The first-order chi connectivity index (χ1) is 67.4. The van der Waals surface area contributed by atoms with Gasteiger partial charge in [-0.15, -0.1) is 0 Å². The van der Waals surface area contributed by atoms with Crippen molar-refractivity contribution in [3.63, 3.8) is 0 Å². The number of nitrogens with zero attached hydrogens (tertiary/aromatic N) is 1. The van der Waals surface area contributed by atoms with Gasteiger partial charge in [0.2, 0.25) is 5.89 Å². The number of carbonyl (C=O) groups excluding carboxylic acids is 2. The van der Waals surface area contributed by atoms with Crippen LogP contribution in [0, 0.1) is 29.1 Å². The predicted molar refractivity (Wildman–Crippen MR) is 598 cm³/mol. The molecular formula is C128H240N2O7. The molecule has 8 atom stereocenters. The molecule has 9 nitrogen and oxygen atoms in total. The molecule has 0 bridgehead atoms. The van der Waals surface area contributed by atoms with Gasteiger partial charge in [-0.2, -0.15) is 0 Å². The van der Waals surface area contributed by atoms with Crippen LogP contribution >= 0.6 is 0 Å². The zero-order valence-electron chi connectivity index (χ0n) is 93.1. The highest BCUT2D eigenvalue weighted by molar-refractivity contribution is 5.88. The van der Waals surface area contributed by atoms with Gasteiger partial charge in [0.25, 0.3) is 0 Å². The van der Waals surface area contributed by atoms with Crippen LogP contribution in [0.2, 0.25) is 0 Å². The topological polar surface area (TPSA) is 145 Å². The maximum Gasteiger partial charge on any atom is 0.309 e. The zero-order chi connectivity index (χ0) is 97.8. The molecule has 0 spiro atoms. The summed E-state index contributed by atoms with van der Waals surface area (Å²) < 4.78 is 18.4. The van der Waals surface area contributed by atoms with E-state index in [1.807, 2.05) is 25.1 Å². The van der Waals surface area contributed by atoms with Crippen LogP contribution in [-0.4, -0.2) is 51.9 Å². The molecule has 4 rings (SSSR count). The Bertz CT molecular complexity index is 2840. The lowest BCUT2D eigenvalue weighted by atomic mass is 9.73. The van der Waals surface area contributed by atoms with Crippen LogP contribution in [0.25, 0.3) is 11.1 Å². The molecule has 9 heteroatoms. The summed E-state index contributed by atoms with van der Waals surface area (Å²) in [6.45, 7) is 10.3. The fourth-order valence-electron chi connectivity index (χ4n) is 23.2. The van der Waals surface area contributed by atoms with E-state index in [1.54, 1.807) is 20.8 Å². The van der Waals surface area contributed by atoms with Gasteiger partial charge in [0.15, 0.2) is 5.58 Å². The Labute approximate surface area is 854 Å². The van der Waals surface area contributed by atoms with Crippen molar-refractivity contribution < 1.29 is 33.7 Å². The fourth-order valence-corrected chi connectivity index (χ4v) is 23.2. The van der Waals surface area contributed by atoms with Crippen LogP contribution in [0.4, 0.5) is 0 Å². The second-order valence-corrected chi connectivity index (χ2v) is 46.9. The lowest BCUT2D eigenvalue weighted by molar-refractivity contribution is -0.156. The molecule has 1 aliphatic heterocycles. The summed E-state index contributed by atoms with van der Waals surface area (Å²) in [7, 11) is 0. The number of fused-ring (bicyclic) bond motifs is 2. The van der Waals surface area contributed by atoms with Gasteiger partial charge in [-0.05, 0) is 74.5 Å². The number of oxazole rings is 1. The Morgan fingerprint density at radius 1 is 0.314 bits per heavy atom. The maximum atomic E-state index is 14.2.